The third-order valence-corrected chi connectivity index (χ3v) is 1.07. The Morgan fingerprint density at radius 2 is 1.53 bits per heavy atom. The summed E-state index contributed by atoms with van der Waals surface area (Å²) in [7, 11) is -3.58. The Kier molecular flexibility index (Phi) is 8.31. The van der Waals surface area contributed by atoms with Crippen LogP contribution in [0.3, 0.4) is 0 Å². The van der Waals surface area contributed by atoms with Gasteiger partial charge in [0.05, 0.1) is 7.11 Å². The van der Waals surface area contributed by atoms with Gasteiger partial charge in [-0.1, -0.05) is 0 Å². The summed E-state index contributed by atoms with van der Waals surface area (Å²) in [5, 5.41) is 8.80. The molecule has 0 unspecified atom stereocenters. The van der Waals surface area contributed by atoms with E-state index in [1.54, 1.807) is 31.4 Å². The fourth-order valence-corrected chi connectivity index (χ4v) is 0.582. The van der Waals surface area contributed by atoms with Crippen LogP contribution in [0, 0.1) is 0 Å². The summed E-state index contributed by atoms with van der Waals surface area (Å²) < 4.78 is 38.9. The minimum atomic E-state index is -5.17. The van der Waals surface area contributed by atoms with E-state index in [0.717, 1.165) is 5.75 Å². The van der Waals surface area contributed by atoms with Crippen molar-refractivity contribution in [3.63, 3.8) is 0 Å². The summed E-state index contributed by atoms with van der Waals surface area (Å²) in [6.07, 6.45) is 0. The number of ether oxygens (including phenoxy) is 1. The summed E-state index contributed by atoms with van der Waals surface area (Å²) in [6.45, 7) is 0. The minimum absolute atomic E-state index is 0. The summed E-state index contributed by atoms with van der Waals surface area (Å²) in [5.74, 6) is 1.02. The molecule has 0 bridgehead atoms. The smallest absolute Gasteiger partial charge is 0.759 e. The first kappa shape index (κ1) is 16.6. The fourth-order valence-electron chi connectivity index (χ4n) is 0.582. The van der Waals surface area contributed by atoms with Crippen LogP contribution < -0.4 is 4.74 Å². The van der Waals surface area contributed by atoms with Crippen molar-refractivity contribution in [2.24, 2.45) is 0 Å². The van der Waals surface area contributed by atoms with E-state index in [1.807, 2.05) is 0 Å². The molecule has 1 rings (SSSR count). The molecule has 1 N–H and O–H groups in total. The standard InChI is InChI=1S/C7H8O2.Cu.H2O4S/c1-9-7-4-2-6(8)3-5-7;;1-5(2,3)4/h2-5,8H,1H3;;(H2,1,2,3,4)/q;+2;/p-2. The molecular formula is C7H8CuO6S. The van der Waals surface area contributed by atoms with Gasteiger partial charge in [0, 0.05) is 10.4 Å². The second-order valence-electron chi connectivity index (χ2n) is 2.11. The average Bonchev–Trinajstić information content (AvgIpc) is 2.03. The van der Waals surface area contributed by atoms with E-state index in [-0.39, 0.29) is 22.8 Å². The molecule has 0 atom stereocenters. The molecule has 0 saturated heterocycles. The molecule has 1 aromatic rings. The second kappa shape index (κ2) is 7.49. The van der Waals surface area contributed by atoms with Crippen LogP contribution in [-0.2, 0) is 27.5 Å². The number of hydrogen-bond donors (Lipinski definition) is 1. The van der Waals surface area contributed by atoms with Gasteiger partial charge in [0.2, 0.25) is 0 Å². The molecule has 0 aliphatic rings. The molecule has 6 nitrogen and oxygen atoms in total. The third-order valence-electron chi connectivity index (χ3n) is 1.07. The van der Waals surface area contributed by atoms with Gasteiger partial charge in [-0.3, -0.25) is 8.42 Å². The number of hydrogen-bond acceptors (Lipinski definition) is 6. The first-order valence-corrected chi connectivity index (χ1v) is 4.66. The number of phenols is 1. The number of rotatable bonds is 1. The molecule has 0 fully saturated rings. The Morgan fingerprint density at radius 3 is 1.80 bits per heavy atom. The fraction of sp³-hybridized carbons (Fsp3) is 0.143. The minimum Gasteiger partial charge on any atom is -0.759 e. The van der Waals surface area contributed by atoms with E-state index in [4.69, 9.17) is 27.4 Å². The van der Waals surface area contributed by atoms with Crippen LogP contribution in [0.25, 0.3) is 0 Å². The van der Waals surface area contributed by atoms with Crippen molar-refractivity contribution < 1.29 is 44.4 Å². The Hall–Kier alpha value is -0.791. The van der Waals surface area contributed by atoms with Gasteiger partial charge in [-0.25, -0.2) is 0 Å². The zero-order valence-corrected chi connectivity index (χ0v) is 9.27. The van der Waals surface area contributed by atoms with Crippen LogP contribution >= 0.6 is 0 Å². The van der Waals surface area contributed by atoms with Crippen LogP contribution in [0.15, 0.2) is 24.3 Å². The third kappa shape index (κ3) is 13.2. The van der Waals surface area contributed by atoms with Crippen molar-refractivity contribution >= 4 is 10.4 Å². The molecule has 0 aliphatic carbocycles. The maximum atomic E-state index is 8.80. The van der Waals surface area contributed by atoms with E-state index in [0.29, 0.717) is 0 Å². The molecule has 0 heterocycles. The van der Waals surface area contributed by atoms with Gasteiger partial charge in [-0.15, -0.1) is 0 Å². The first-order valence-electron chi connectivity index (χ1n) is 3.32. The van der Waals surface area contributed by atoms with Gasteiger partial charge in [-0.05, 0) is 24.3 Å². The van der Waals surface area contributed by atoms with Gasteiger partial charge < -0.3 is 18.9 Å². The Balaban J connectivity index is 0. The van der Waals surface area contributed by atoms with E-state index in [1.165, 1.54) is 0 Å². The van der Waals surface area contributed by atoms with Crippen molar-refractivity contribution in [1.82, 2.24) is 0 Å². The van der Waals surface area contributed by atoms with Crippen molar-refractivity contribution in [1.29, 1.82) is 0 Å². The van der Waals surface area contributed by atoms with E-state index in [9.17, 15) is 0 Å². The molecule has 1 radical (unpaired) electrons. The zero-order valence-electron chi connectivity index (χ0n) is 7.51. The van der Waals surface area contributed by atoms with Crippen LogP contribution in [-0.4, -0.2) is 29.7 Å². The Bertz CT molecular complexity index is 352. The first-order chi connectivity index (χ1) is 6.33. The van der Waals surface area contributed by atoms with Gasteiger partial charge >= 0.3 is 17.1 Å². The van der Waals surface area contributed by atoms with Gasteiger partial charge in [0.15, 0.2) is 0 Å². The molecule has 0 aliphatic heterocycles. The number of phenolic OH excluding ortho intramolecular Hbond substituents is 1. The second-order valence-corrected chi connectivity index (χ2v) is 2.92. The monoisotopic (exact) mass is 283 g/mol. The van der Waals surface area contributed by atoms with Gasteiger partial charge in [0.1, 0.15) is 11.5 Å². The number of aromatic hydroxyl groups is 1. The maximum Gasteiger partial charge on any atom is 2.00 e. The Labute approximate surface area is 97.9 Å². The quantitative estimate of drug-likeness (QED) is 0.443. The molecule has 0 amide bonds. The van der Waals surface area contributed by atoms with E-state index in [2.05, 4.69) is 0 Å². The van der Waals surface area contributed by atoms with Gasteiger partial charge in [0.25, 0.3) is 0 Å². The molecule has 8 heteroatoms. The molecule has 1 aromatic carbocycles. The summed E-state index contributed by atoms with van der Waals surface area (Å²) in [4.78, 5) is 0. The summed E-state index contributed by atoms with van der Waals surface area (Å²) in [5.41, 5.74) is 0. The van der Waals surface area contributed by atoms with Gasteiger partial charge in [-0.2, -0.15) is 0 Å². The molecule has 89 valence electrons. The predicted octanol–water partition coefficient (Wildman–Crippen LogP) is 0.0603. The van der Waals surface area contributed by atoms with E-state index < -0.39 is 10.4 Å². The average molecular weight is 284 g/mol. The van der Waals surface area contributed by atoms with Crippen LogP contribution in [0.4, 0.5) is 0 Å². The van der Waals surface area contributed by atoms with Crippen molar-refractivity contribution in [2.45, 2.75) is 0 Å². The summed E-state index contributed by atoms with van der Waals surface area (Å²) >= 11 is 0. The Morgan fingerprint density at radius 1 is 1.20 bits per heavy atom. The molecule has 15 heavy (non-hydrogen) atoms. The van der Waals surface area contributed by atoms with Crippen LogP contribution in [0.2, 0.25) is 0 Å². The topological polar surface area (TPSA) is 110 Å². The van der Waals surface area contributed by atoms with Crippen LogP contribution in [0.1, 0.15) is 0 Å². The normalized spacial score (nSPS) is 9.27. The van der Waals surface area contributed by atoms with Crippen molar-refractivity contribution in [3.8, 4) is 11.5 Å². The molecule has 0 spiro atoms. The zero-order chi connectivity index (χ0) is 11.2. The SMILES string of the molecule is COc1ccc(O)cc1.O=S(=O)([O-])[O-].[Cu+2]. The van der Waals surface area contributed by atoms with Crippen molar-refractivity contribution in [2.75, 3.05) is 7.11 Å². The number of benzene rings is 1. The van der Waals surface area contributed by atoms with Crippen molar-refractivity contribution in [3.05, 3.63) is 24.3 Å². The molecule has 0 saturated carbocycles. The van der Waals surface area contributed by atoms with E-state index >= 15 is 0 Å². The molecule has 0 aromatic heterocycles. The maximum absolute atomic E-state index is 8.80. The number of methoxy groups -OCH3 is 1. The van der Waals surface area contributed by atoms with Crippen LogP contribution in [0.5, 0.6) is 11.5 Å². The molecular weight excluding hydrogens is 276 g/mol. The summed E-state index contributed by atoms with van der Waals surface area (Å²) in [6, 6.07) is 6.57. The largest absolute Gasteiger partial charge is 2.00 e. The predicted molar refractivity (Wildman–Crippen MR) is 45.1 cm³/mol.